The zero-order valence-electron chi connectivity index (χ0n) is 11.1. The maximum Gasteiger partial charge on any atom is 0.244 e. The van der Waals surface area contributed by atoms with Crippen LogP contribution in [-0.4, -0.2) is 10.1 Å². The van der Waals surface area contributed by atoms with Crippen molar-refractivity contribution in [2.24, 2.45) is 11.7 Å². The van der Waals surface area contributed by atoms with E-state index < -0.39 is 0 Å². The van der Waals surface area contributed by atoms with Gasteiger partial charge in [-0.15, -0.1) is 0 Å². The lowest BCUT2D eigenvalue weighted by Gasteiger charge is -2.09. The Bertz CT molecular complexity index is 502. The molecule has 0 radical (unpaired) electrons. The van der Waals surface area contributed by atoms with Gasteiger partial charge >= 0.3 is 0 Å². The maximum absolute atomic E-state index is 5.98. The van der Waals surface area contributed by atoms with Crippen molar-refractivity contribution in [1.82, 2.24) is 10.1 Å². The molecule has 1 atom stereocenters. The molecule has 1 aromatic carbocycles. The van der Waals surface area contributed by atoms with Crippen LogP contribution < -0.4 is 5.73 Å². The van der Waals surface area contributed by atoms with E-state index >= 15 is 0 Å². The van der Waals surface area contributed by atoms with E-state index in [2.05, 4.69) is 29.2 Å². The van der Waals surface area contributed by atoms with Gasteiger partial charge in [0.15, 0.2) is 0 Å². The minimum Gasteiger partial charge on any atom is -0.337 e. The van der Waals surface area contributed by atoms with E-state index in [0.29, 0.717) is 11.7 Å². The Kier molecular flexibility index (Phi) is 3.77. The van der Waals surface area contributed by atoms with Crippen LogP contribution in [0.4, 0.5) is 0 Å². The minimum absolute atomic E-state index is 0.207. The van der Waals surface area contributed by atoms with Gasteiger partial charge in [0.1, 0.15) is 0 Å². The largest absolute Gasteiger partial charge is 0.337 e. The molecule has 0 fully saturated rings. The van der Waals surface area contributed by atoms with E-state index in [9.17, 15) is 0 Å². The Labute approximate surface area is 107 Å². The molecular formula is C14H19N3O. The van der Waals surface area contributed by atoms with Gasteiger partial charge in [-0.2, -0.15) is 4.98 Å². The SMILES string of the molecule is CCc1ccc(-c2noc([C@@H](N)C(C)C)n2)cc1. The second-order valence-corrected chi connectivity index (χ2v) is 4.78. The number of hydrogen-bond acceptors (Lipinski definition) is 4. The van der Waals surface area contributed by atoms with Crippen LogP contribution >= 0.6 is 0 Å². The van der Waals surface area contributed by atoms with Gasteiger partial charge in [-0.25, -0.2) is 0 Å². The molecule has 18 heavy (non-hydrogen) atoms. The molecule has 4 nitrogen and oxygen atoms in total. The van der Waals surface area contributed by atoms with Crippen LogP contribution in [0.25, 0.3) is 11.4 Å². The van der Waals surface area contributed by atoms with Crippen LogP contribution in [0.1, 0.15) is 38.3 Å². The van der Waals surface area contributed by atoms with Crippen LogP contribution in [0.5, 0.6) is 0 Å². The topological polar surface area (TPSA) is 64.9 Å². The first kappa shape index (κ1) is 12.8. The Balaban J connectivity index is 2.23. The average Bonchev–Trinajstić information content (AvgIpc) is 2.87. The van der Waals surface area contributed by atoms with E-state index in [0.717, 1.165) is 12.0 Å². The molecule has 4 heteroatoms. The third-order valence-corrected chi connectivity index (χ3v) is 3.07. The Morgan fingerprint density at radius 2 is 1.89 bits per heavy atom. The lowest BCUT2D eigenvalue weighted by Crippen LogP contribution is -2.16. The summed E-state index contributed by atoms with van der Waals surface area (Å²) < 4.78 is 5.21. The van der Waals surface area contributed by atoms with E-state index in [1.165, 1.54) is 5.56 Å². The molecule has 0 amide bonds. The lowest BCUT2D eigenvalue weighted by atomic mass is 10.1. The monoisotopic (exact) mass is 245 g/mol. The zero-order valence-corrected chi connectivity index (χ0v) is 11.1. The summed E-state index contributed by atoms with van der Waals surface area (Å²) in [6.07, 6.45) is 1.02. The van der Waals surface area contributed by atoms with Gasteiger partial charge in [0.25, 0.3) is 0 Å². The number of nitrogens with zero attached hydrogens (tertiary/aromatic N) is 2. The van der Waals surface area contributed by atoms with Crippen molar-refractivity contribution in [3.05, 3.63) is 35.7 Å². The number of rotatable bonds is 4. The average molecular weight is 245 g/mol. The predicted octanol–water partition coefficient (Wildman–Crippen LogP) is 2.95. The Morgan fingerprint density at radius 1 is 1.22 bits per heavy atom. The maximum atomic E-state index is 5.98. The molecule has 0 bridgehead atoms. The highest BCUT2D eigenvalue weighted by Crippen LogP contribution is 2.21. The van der Waals surface area contributed by atoms with Crippen molar-refractivity contribution >= 4 is 0 Å². The third kappa shape index (κ3) is 2.59. The molecule has 96 valence electrons. The Morgan fingerprint density at radius 3 is 2.44 bits per heavy atom. The number of benzene rings is 1. The van der Waals surface area contributed by atoms with Gasteiger partial charge in [-0.05, 0) is 17.9 Å². The summed E-state index contributed by atoms with van der Waals surface area (Å²) in [5.74, 6) is 1.38. The van der Waals surface area contributed by atoms with Crippen molar-refractivity contribution in [3.8, 4) is 11.4 Å². The molecule has 0 spiro atoms. The first-order chi connectivity index (χ1) is 8.61. The highest BCUT2D eigenvalue weighted by Gasteiger charge is 2.18. The predicted molar refractivity (Wildman–Crippen MR) is 70.9 cm³/mol. The highest BCUT2D eigenvalue weighted by atomic mass is 16.5. The molecule has 0 aliphatic heterocycles. The fraction of sp³-hybridized carbons (Fsp3) is 0.429. The van der Waals surface area contributed by atoms with Crippen LogP contribution in [0.2, 0.25) is 0 Å². The third-order valence-electron chi connectivity index (χ3n) is 3.07. The van der Waals surface area contributed by atoms with Gasteiger partial charge in [0.2, 0.25) is 11.7 Å². The van der Waals surface area contributed by atoms with Crippen LogP contribution in [-0.2, 0) is 6.42 Å². The van der Waals surface area contributed by atoms with Gasteiger partial charge in [0.05, 0.1) is 6.04 Å². The van der Waals surface area contributed by atoms with Crippen molar-refractivity contribution < 1.29 is 4.52 Å². The molecule has 0 saturated heterocycles. The molecule has 0 unspecified atom stereocenters. The number of nitrogens with two attached hydrogens (primary N) is 1. The van der Waals surface area contributed by atoms with Crippen molar-refractivity contribution in [3.63, 3.8) is 0 Å². The van der Waals surface area contributed by atoms with Crippen molar-refractivity contribution in [1.29, 1.82) is 0 Å². The molecule has 0 aliphatic rings. The fourth-order valence-electron chi connectivity index (χ4n) is 1.66. The fourth-order valence-corrected chi connectivity index (χ4v) is 1.66. The summed E-state index contributed by atoms with van der Waals surface area (Å²) in [6.45, 7) is 6.19. The van der Waals surface area contributed by atoms with Crippen LogP contribution in [0.3, 0.4) is 0 Å². The summed E-state index contributed by atoms with van der Waals surface area (Å²) in [7, 11) is 0. The summed E-state index contributed by atoms with van der Waals surface area (Å²) in [5.41, 5.74) is 8.23. The molecule has 1 aromatic heterocycles. The van der Waals surface area contributed by atoms with Gasteiger partial charge in [-0.3, -0.25) is 0 Å². The highest BCUT2D eigenvalue weighted by molar-refractivity contribution is 5.54. The molecule has 2 aromatic rings. The van der Waals surface area contributed by atoms with Crippen molar-refractivity contribution in [2.75, 3.05) is 0 Å². The minimum atomic E-state index is -0.207. The lowest BCUT2D eigenvalue weighted by molar-refractivity contribution is 0.325. The number of aryl methyl sites for hydroxylation is 1. The molecule has 2 N–H and O–H groups in total. The number of hydrogen-bond donors (Lipinski definition) is 1. The standard InChI is InChI=1S/C14H19N3O/c1-4-10-5-7-11(8-6-10)13-16-14(18-17-13)12(15)9(2)3/h5-9,12H,4,15H2,1-3H3/t12-/m0/s1. The van der Waals surface area contributed by atoms with E-state index in [4.69, 9.17) is 10.3 Å². The summed E-state index contributed by atoms with van der Waals surface area (Å²) in [6, 6.07) is 7.96. The second-order valence-electron chi connectivity index (χ2n) is 4.78. The summed E-state index contributed by atoms with van der Waals surface area (Å²) in [4.78, 5) is 4.35. The second kappa shape index (κ2) is 5.31. The van der Waals surface area contributed by atoms with E-state index in [-0.39, 0.29) is 12.0 Å². The summed E-state index contributed by atoms with van der Waals surface area (Å²) in [5, 5.41) is 3.98. The normalized spacial score (nSPS) is 12.9. The molecule has 0 saturated carbocycles. The van der Waals surface area contributed by atoms with Gasteiger partial charge in [0, 0.05) is 5.56 Å². The first-order valence-electron chi connectivity index (χ1n) is 6.30. The smallest absolute Gasteiger partial charge is 0.244 e. The van der Waals surface area contributed by atoms with E-state index in [1.54, 1.807) is 0 Å². The quantitative estimate of drug-likeness (QED) is 0.899. The van der Waals surface area contributed by atoms with Crippen LogP contribution in [0.15, 0.2) is 28.8 Å². The summed E-state index contributed by atoms with van der Waals surface area (Å²) >= 11 is 0. The molecule has 0 aliphatic carbocycles. The van der Waals surface area contributed by atoms with Crippen LogP contribution in [0, 0.1) is 5.92 Å². The molecule has 1 heterocycles. The molecular weight excluding hydrogens is 226 g/mol. The number of aromatic nitrogens is 2. The van der Waals surface area contributed by atoms with Crippen molar-refractivity contribution in [2.45, 2.75) is 33.2 Å². The van der Waals surface area contributed by atoms with Gasteiger partial charge in [-0.1, -0.05) is 50.2 Å². The van der Waals surface area contributed by atoms with Gasteiger partial charge < -0.3 is 10.3 Å². The first-order valence-corrected chi connectivity index (χ1v) is 6.30. The zero-order chi connectivity index (χ0) is 13.1. The van der Waals surface area contributed by atoms with E-state index in [1.807, 2.05) is 26.0 Å². The molecule has 2 rings (SSSR count). The Hall–Kier alpha value is -1.68.